The Bertz CT molecular complexity index is 299. The van der Waals surface area contributed by atoms with Crippen molar-refractivity contribution in [1.82, 2.24) is 15.3 Å². The Morgan fingerprint density at radius 2 is 2.57 bits per heavy atom. The van der Waals surface area contributed by atoms with Crippen LogP contribution in [0, 0.1) is 0 Å². The number of nitrogens with two attached hydrogens (primary N) is 1. The molecule has 0 aliphatic carbocycles. The Morgan fingerprint density at radius 3 is 3.29 bits per heavy atom. The summed E-state index contributed by atoms with van der Waals surface area (Å²) in [5.74, 6) is 0.333. The van der Waals surface area contributed by atoms with Crippen molar-refractivity contribution in [2.45, 2.75) is 12.5 Å². The second-order valence-corrected chi connectivity index (χ2v) is 3.34. The fourth-order valence-electron chi connectivity index (χ4n) is 1.53. The zero-order valence-corrected chi connectivity index (χ0v) is 7.94. The van der Waals surface area contributed by atoms with E-state index < -0.39 is 0 Å². The van der Waals surface area contributed by atoms with E-state index in [1.165, 1.54) is 0 Å². The minimum atomic E-state index is 0.333. The van der Waals surface area contributed by atoms with Crippen LogP contribution in [-0.4, -0.2) is 35.8 Å². The Hall–Kier alpha value is -1.20. The first-order chi connectivity index (χ1) is 6.84. The molecule has 14 heavy (non-hydrogen) atoms. The molecule has 3 N–H and O–H groups in total. The number of nitrogens with zero attached hydrogens (tertiary/aromatic N) is 2. The van der Waals surface area contributed by atoms with E-state index in [-0.39, 0.29) is 0 Å². The molecule has 0 aromatic carbocycles. The average Bonchev–Trinajstić information content (AvgIpc) is 2.19. The van der Waals surface area contributed by atoms with Crippen LogP contribution in [0.15, 0.2) is 12.3 Å². The van der Waals surface area contributed by atoms with Crippen LogP contribution < -0.4 is 11.1 Å². The van der Waals surface area contributed by atoms with E-state index in [1.54, 1.807) is 6.20 Å². The molecule has 76 valence electrons. The highest BCUT2D eigenvalue weighted by atomic mass is 16.5. The largest absolute Gasteiger partial charge is 0.379 e. The SMILES string of the molecule is Nc1nccc(CC2COCCN2)n1. The minimum Gasteiger partial charge on any atom is -0.379 e. The second-order valence-electron chi connectivity index (χ2n) is 3.34. The van der Waals surface area contributed by atoms with Gasteiger partial charge in [-0.2, -0.15) is 0 Å². The standard InChI is InChI=1S/C9H14N4O/c10-9-12-2-1-7(13-9)5-8-6-14-4-3-11-8/h1-2,8,11H,3-6H2,(H2,10,12,13). The summed E-state index contributed by atoms with van der Waals surface area (Å²) in [6.45, 7) is 2.44. The highest BCUT2D eigenvalue weighted by Crippen LogP contribution is 2.03. The molecule has 0 saturated carbocycles. The molecule has 1 saturated heterocycles. The predicted octanol–water partition coefficient (Wildman–Crippen LogP) is -0.410. The van der Waals surface area contributed by atoms with Gasteiger partial charge in [0.15, 0.2) is 0 Å². The van der Waals surface area contributed by atoms with Crippen LogP contribution in [0.25, 0.3) is 0 Å². The molecule has 5 heteroatoms. The molecule has 1 unspecified atom stereocenters. The van der Waals surface area contributed by atoms with Gasteiger partial charge in [0, 0.05) is 30.9 Å². The first-order valence-corrected chi connectivity index (χ1v) is 4.73. The van der Waals surface area contributed by atoms with Gasteiger partial charge >= 0.3 is 0 Å². The highest BCUT2D eigenvalue weighted by Gasteiger charge is 2.13. The molecular formula is C9H14N4O. The van der Waals surface area contributed by atoms with Crippen molar-refractivity contribution in [1.29, 1.82) is 0 Å². The molecule has 0 spiro atoms. The maximum atomic E-state index is 5.49. The predicted molar refractivity (Wildman–Crippen MR) is 52.8 cm³/mol. The summed E-state index contributed by atoms with van der Waals surface area (Å²) in [4.78, 5) is 7.99. The molecule has 0 radical (unpaired) electrons. The van der Waals surface area contributed by atoms with Gasteiger partial charge in [-0.1, -0.05) is 0 Å². The molecule has 1 aliphatic heterocycles. The fourth-order valence-corrected chi connectivity index (χ4v) is 1.53. The maximum absolute atomic E-state index is 5.49. The number of nitrogens with one attached hydrogen (secondary N) is 1. The van der Waals surface area contributed by atoms with E-state index in [9.17, 15) is 0 Å². The minimum absolute atomic E-state index is 0.333. The van der Waals surface area contributed by atoms with Gasteiger partial charge in [0.1, 0.15) is 0 Å². The molecule has 1 aromatic rings. The number of rotatable bonds is 2. The third-order valence-electron chi connectivity index (χ3n) is 2.19. The summed E-state index contributed by atoms with van der Waals surface area (Å²) in [7, 11) is 0. The topological polar surface area (TPSA) is 73.1 Å². The molecule has 5 nitrogen and oxygen atoms in total. The van der Waals surface area contributed by atoms with Crippen LogP contribution in [0.2, 0.25) is 0 Å². The number of aromatic nitrogens is 2. The lowest BCUT2D eigenvalue weighted by molar-refractivity contribution is 0.0767. The van der Waals surface area contributed by atoms with Gasteiger partial charge in [-0.3, -0.25) is 0 Å². The number of ether oxygens (including phenoxy) is 1. The molecule has 1 atom stereocenters. The zero-order chi connectivity index (χ0) is 9.80. The molecule has 1 aromatic heterocycles. The zero-order valence-electron chi connectivity index (χ0n) is 7.94. The van der Waals surface area contributed by atoms with E-state index in [0.717, 1.165) is 31.9 Å². The number of morpholine rings is 1. The van der Waals surface area contributed by atoms with Crippen LogP contribution in [0.3, 0.4) is 0 Å². The first-order valence-electron chi connectivity index (χ1n) is 4.73. The molecular weight excluding hydrogens is 180 g/mol. The van der Waals surface area contributed by atoms with Crippen LogP contribution in [-0.2, 0) is 11.2 Å². The summed E-state index contributed by atoms with van der Waals surface area (Å²) in [6.07, 6.45) is 2.52. The normalized spacial score (nSPS) is 22.1. The van der Waals surface area contributed by atoms with Crippen LogP contribution in [0.5, 0.6) is 0 Å². The van der Waals surface area contributed by atoms with E-state index >= 15 is 0 Å². The Labute approximate surface area is 82.7 Å². The van der Waals surface area contributed by atoms with E-state index in [0.29, 0.717) is 12.0 Å². The summed E-state index contributed by atoms with van der Waals surface area (Å²) >= 11 is 0. The van der Waals surface area contributed by atoms with Crippen LogP contribution in [0.4, 0.5) is 5.95 Å². The van der Waals surface area contributed by atoms with Gasteiger partial charge in [-0.15, -0.1) is 0 Å². The van der Waals surface area contributed by atoms with Crippen molar-refractivity contribution >= 4 is 5.95 Å². The quantitative estimate of drug-likeness (QED) is 0.669. The summed E-state index contributed by atoms with van der Waals surface area (Å²) in [6, 6.07) is 2.23. The molecule has 0 bridgehead atoms. The van der Waals surface area contributed by atoms with Crippen molar-refractivity contribution < 1.29 is 4.74 Å². The Morgan fingerprint density at radius 1 is 1.64 bits per heavy atom. The lowest BCUT2D eigenvalue weighted by Gasteiger charge is -2.23. The van der Waals surface area contributed by atoms with E-state index in [1.807, 2.05) is 6.07 Å². The molecule has 0 amide bonds. The smallest absolute Gasteiger partial charge is 0.220 e. The maximum Gasteiger partial charge on any atom is 0.220 e. The lowest BCUT2D eigenvalue weighted by atomic mass is 10.1. The highest BCUT2D eigenvalue weighted by molar-refractivity contribution is 5.17. The third kappa shape index (κ3) is 2.40. The van der Waals surface area contributed by atoms with E-state index in [2.05, 4.69) is 15.3 Å². The monoisotopic (exact) mass is 194 g/mol. The number of hydrogen-bond acceptors (Lipinski definition) is 5. The van der Waals surface area contributed by atoms with Crippen molar-refractivity contribution in [2.75, 3.05) is 25.5 Å². The van der Waals surface area contributed by atoms with Crippen molar-refractivity contribution in [3.8, 4) is 0 Å². The summed E-state index contributed by atoms with van der Waals surface area (Å²) < 4.78 is 5.35. The third-order valence-corrected chi connectivity index (χ3v) is 2.19. The Kier molecular flexibility index (Phi) is 2.90. The summed E-state index contributed by atoms with van der Waals surface area (Å²) in [5.41, 5.74) is 6.45. The van der Waals surface area contributed by atoms with Gasteiger partial charge < -0.3 is 15.8 Å². The summed E-state index contributed by atoms with van der Waals surface area (Å²) in [5, 5.41) is 3.36. The fraction of sp³-hybridized carbons (Fsp3) is 0.556. The number of nitrogen functional groups attached to an aromatic ring is 1. The molecule has 2 heterocycles. The van der Waals surface area contributed by atoms with Gasteiger partial charge in [-0.25, -0.2) is 9.97 Å². The number of hydrogen-bond donors (Lipinski definition) is 2. The van der Waals surface area contributed by atoms with Gasteiger partial charge in [0.25, 0.3) is 0 Å². The number of anilines is 1. The second kappa shape index (κ2) is 4.34. The van der Waals surface area contributed by atoms with Crippen LogP contribution >= 0.6 is 0 Å². The molecule has 1 fully saturated rings. The molecule has 2 rings (SSSR count). The molecule has 1 aliphatic rings. The van der Waals surface area contributed by atoms with Crippen molar-refractivity contribution in [3.63, 3.8) is 0 Å². The lowest BCUT2D eigenvalue weighted by Crippen LogP contribution is -2.42. The average molecular weight is 194 g/mol. The van der Waals surface area contributed by atoms with Crippen molar-refractivity contribution in [2.24, 2.45) is 0 Å². The van der Waals surface area contributed by atoms with Crippen molar-refractivity contribution in [3.05, 3.63) is 18.0 Å². The first kappa shape index (κ1) is 9.36. The van der Waals surface area contributed by atoms with Gasteiger partial charge in [-0.05, 0) is 6.07 Å². The van der Waals surface area contributed by atoms with Gasteiger partial charge in [0.2, 0.25) is 5.95 Å². The van der Waals surface area contributed by atoms with Gasteiger partial charge in [0.05, 0.1) is 13.2 Å². The van der Waals surface area contributed by atoms with Crippen LogP contribution in [0.1, 0.15) is 5.69 Å². The van der Waals surface area contributed by atoms with E-state index in [4.69, 9.17) is 10.5 Å². The Balaban J connectivity index is 1.95.